The van der Waals surface area contributed by atoms with E-state index in [4.69, 9.17) is 5.11 Å². The molecule has 3 nitrogen and oxygen atoms in total. The van der Waals surface area contributed by atoms with E-state index in [0.717, 1.165) is 5.69 Å². The van der Waals surface area contributed by atoms with Crippen molar-refractivity contribution in [3.05, 3.63) is 28.2 Å². The van der Waals surface area contributed by atoms with Crippen molar-refractivity contribution in [2.45, 2.75) is 38.6 Å². The number of hydrogen-bond donors (Lipinski definition) is 1. The lowest BCUT2D eigenvalue weighted by Gasteiger charge is -2.37. The molecule has 1 fully saturated rings. The minimum absolute atomic E-state index is 0.314. The van der Waals surface area contributed by atoms with Crippen LogP contribution in [-0.4, -0.2) is 24.2 Å². The summed E-state index contributed by atoms with van der Waals surface area (Å²) < 4.78 is 0.646. The second kappa shape index (κ2) is 5.95. The van der Waals surface area contributed by atoms with Crippen LogP contribution in [0.2, 0.25) is 0 Å². The van der Waals surface area contributed by atoms with Crippen LogP contribution in [0.25, 0.3) is 0 Å². The smallest absolute Gasteiger partial charge is 0.336 e. The van der Waals surface area contributed by atoms with Gasteiger partial charge in [-0.25, -0.2) is 4.79 Å². The molecule has 2 rings (SSSR count). The predicted molar refractivity (Wildman–Crippen MR) is 80.9 cm³/mol. The van der Waals surface area contributed by atoms with Crippen LogP contribution in [-0.2, 0) is 0 Å². The number of anilines is 1. The molecule has 0 aromatic heterocycles. The maximum atomic E-state index is 11.0. The van der Waals surface area contributed by atoms with E-state index in [2.05, 4.69) is 34.8 Å². The Morgan fingerprint density at radius 1 is 1.37 bits per heavy atom. The normalized spacial score (nSPS) is 23.1. The Morgan fingerprint density at radius 2 is 2.05 bits per heavy atom. The summed E-state index contributed by atoms with van der Waals surface area (Å²) in [5.41, 5.74) is 1.39. The van der Waals surface area contributed by atoms with E-state index in [1.54, 1.807) is 6.07 Å². The number of carboxylic acid groups (broad SMARTS) is 1. The Balaban J connectivity index is 2.21. The number of carboxylic acids is 1. The molecule has 1 saturated carbocycles. The van der Waals surface area contributed by atoms with Crippen LogP contribution in [0, 0.1) is 5.92 Å². The molecule has 1 aliphatic carbocycles. The van der Waals surface area contributed by atoms with Gasteiger partial charge in [-0.1, -0.05) is 19.8 Å². The van der Waals surface area contributed by atoms with E-state index in [1.165, 1.54) is 25.7 Å². The fourth-order valence-corrected chi connectivity index (χ4v) is 3.50. The van der Waals surface area contributed by atoms with Crippen molar-refractivity contribution in [2.24, 2.45) is 5.92 Å². The van der Waals surface area contributed by atoms with Gasteiger partial charge >= 0.3 is 5.97 Å². The summed E-state index contributed by atoms with van der Waals surface area (Å²) in [6.45, 7) is 2.31. The van der Waals surface area contributed by atoms with Crippen LogP contribution >= 0.6 is 15.9 Å². The van der Waals surface area contributed by atoms with Gasteiger partial charge in [0, 0.05) is 23.2 Å². The molecule has 1 aliphatic rings. The first-order valence-electron chi connectivity index (χ1n) is 6.76. The Labute approximate surface area is 122 Å². The molecule has 19 heavy (non-hydrogen) atoms. The molecule has 1 N–H and O–H groups in total. The molecule has 0 spiro atoms. The Morgan fingerprint density at radius 3 is 2.63 bits per heavy atom. The van der Waals surface area contributed by atoms with Crippen LogP contribution in [0.1, 0.15) is 43.0 Å². The monoisotopic (exact) mass is 325 g/mol. The van der Waals surface area contributed by atoms with Gasteiger partial charge in [0.25, 0.3) is 0 Å². The topological polar surface area (TPSA) is 40.5 Å². The van der Waals surface area contributed by atoms with E-state index in [0.29, 0.717) is 22.0 Å². The summed E-state index contributed by atoms with van der Waals surface area (Å²) in [4.78, 5) is 13.3. The zero-order valence-electron chi connectivity index (χ0n) is 11.4. The Kier molecular flexibility index (Phi) is 4.50. The van der Waals surface area contributed by atoms with E-state index < -0.39 is 5.97 Å². The Hall–Kier alpha value is -1.03. The summed E-state index contributed by atoms with van der Waals surface area (Å²) in [5, 5.41) is 9.04. The second-order valence-electron chi connectivity index (χ2n) is 5.41. The second-order valence-corrected chi connectivity index (χ2v) is 6.26. The summed E-state index contributed by atoms with van der Waals surface area (Å²) in [6, 6.07) is 6.03. The van der Waals surface area contributed by atoms with Gasteiger partial charge in [0.15, 0.2) is 0 Å². The summed E-state index contributed by atoms with van der Waals surface area (Å²) in [7, 11) is 2.11. The molecule has 1 aromatic carbocycles. The maximum absolute atomic E-state index is 11.0. The van der Waals surface area contributed by atoms with Gasteiger partial charge in [0.05, 0.1) is 5.56 Å². The fraction of sp³-hybridized carbons (Fsp3) is 0.533. The van der Waals surface area contributed by atoms with E-state index in [9.17, 15) is 4.79 Å². The largest absolute Gasteiger partial charge is 0.478 e. The fourth-order valence-electron chi connectivity index (χ4n) is 2.96. The highest BCUT2D eigenvalue weighted by atomic mass is 79.9. The van der Waals surface area contributed by atoms with Crippen LogP contribution in [0.3, 0.4) is 0 Å². The lowest BCUT2D eigenvalue weighted by atomic mass is 9.85. The van der Waals surface area contributed by atoms with Gasteiger partial charge in [-0.15, -0.1) is 0 Å². The van der Waals surface area contributed by atoms with Gasteiger partial charge in [-0.05, 0) is 52.9 Å². The first kappa shape index (κ1) is 14.4. The minimum atomic E-state index is -0.896. The van der Waals surface area contributed by atoms with Crippen molar-refractivity contribution in [3.8, 4) is 0 Å². The summed E-state index contributed by atoms with van der Waals surface area (Å²) >= 11 is 3.35. The lowest BCUT2D eigenvalue weighted by Crippen LogP contribution is -2.39. The average molecular weight is 326 g/mol. The third-order valence-electron chi connectivity index (χ3n) is 4.15. The number of aromatic carboxylic acids is 1. The van der Waals surface area contributed by atoms with Crippen LogP contribution in [0.5, 0.6) is 0 Å². The van der Waals surface area contributed by atoms with Crippen LogP contribution < -0.4 is 4.90 Å². The first-order chi connectivity index (χ1) is 9.00. The molecule has 0 heterocycles. The van der Waals surface area contributed by atoms with Crippen LogP contribution in [0.15, 0.2) is 22.7 Å². The molecule has 4 heteroatoms. The molecule has 2 atom stereocenters. The van der Waals surface area contributed by atoms with E-state index >= 15 is 0 Å². The highest BCUT2D eigenvalue weighted by Gasteiger charge is 2.25. The number of hydrogen-bond acceptors (Lipinski definition) is 2. The molecule has 0 amide bonds. The third kappa shape index (κ3) is 3.11. The highest BCUT2D eigenvalue weighted by molar-refractivity contribution is 9.10. The van der Waals surface area contributed by atoms with Crippen molar-refractivity contribution < 1.29 is 9.90 Å². The number of carbonyl (C=O) groups is 1. The summed E-state index contributed by atoms with van der Waals surface area (Å²) in [6.07, 6.45) is 5.11. The standard InChI is InChI=1S/C15H20BrNO2/c1-10-5-3-4-6-14(10)17(2)11-7-8-12(15(18)19)13(16)9-11/h7-10,14H,3-6H2,1-2H3,(H,18,19). The van der Waals surface area contributed by atoms with Crippen molar-refractivity contribution in [1.82, 2.24) is 0 Å². The first-order valence-corrected chi connectivity index (χ1v) is 7.55. The van der Waals surface area contributed by atoms with Gasteiger partial charge in [-0.2, -0.15) is 0 Å². The highest BCUT2D eigenvalue weighted by Crippen LogP contribution is 2.32. The molecule has 0 saturated heterocycles. The van der Waals surface area contributed by atoms with Crippen molar-refractivity contribution in [3.63, 3.8) is 0 Å². The van der Waals surface area contributed by atoms with Gasteiger partial charge in [0.1, 0.15) is 0 Å². The molecule has 0 aliphatic heterocycles. The molecular formula is C15H20BrNO2. The summed E-state index contributed by atoms with van der Waals surface area (Å²) in [5.74, 6) is -0.205. The van der Waals surface area contributed by atoms with E-state index in [1.807, 2.05) is 12.1 Å². The zero-order valence-corrected chi connectivity index (χ0v) is 13.0. The van der Waals surface area contributed by atoms with Gasteiger partial charge in [-0.3, -0.25) is 0 Å². The lowest BCUT2D eigenvalue weighted by molar-refractivity contribution is 0.0696. The zero-order chi connectivity index (χ0) is 14.0. The number of halogens is 1. The molecule has 0 radical (unpaired) electrons. The predicted octanol–water partition coefficient (Wildman–Crippen LogP) is 4.16. The number of rotatable bonds is 3. The van der Waals surface area contributed by atoms with E-state index in [-0.39, 0.29) is 0 Å². The average Bonchev–Trinajstić information content (AvgIpc) is 2.38. The van der Waals surface area contributed by atoms with Crippen molar-refractivity contribution in [1.29, 1.82) is 0 Å². The quantitative estimate of drug-likeness (QED) is 0.907. The minimum Gasteiger partial charge on any atom is -0.478 e. The number of nitrogens with zero attached hydrogens (tertiary/aromatic N) is 1. The SMILES string of the molecule is CC1CCCCC1N(C)c1ccc(C(=O)O)c(Br)c1. The molecule has 2 unspecified atom stereocenters. The maximum Gasteiger partial charge on any atom is 0.336 e. The van der Waals surface area contributed by atoms with Crippen molar-refractivity contribution >= 4 is 27.6 Å². The number of benzene rings is 1. The molecule has 0 bridgehead atoms. The molecule has 104 valence electrons. The molecular weight excluding hydrogens is 306 g/mol. The van der Waals surface area contributed by atoms with Gasteiger partial charge < -0.3 is 10.0 Å². The van der Waals surface area contributed by atoms with Crippen molar-refractivity contribution in [2.75, 3.05) is 11.9 Å². The van der Waals surface area contributed by atoms with Crippen LogP contribution in [0.4, 0.5) is 5.69 Å². The van der Waals surface area contributed by atoms with Gasteiger partial charge in [0.2, 0.25) is 0 Å². The Bertz CT molecular complexity index is 475. The third-order valence-corrected chi connectivity index (χ3v) is 4.81. The molecule has 1 aromatic rings.